The first kappa shape index (κ1) is 24.0. The van der Waals surface area contributed by atoms with Gasteiger partial charge in [-0.25, -0.2) is 4.99 Å². The van der Waals surface area contributed by atoms with Crippen molar-refractivity contribution in [3.05, 3.63) is 46.8 Å². The molecule has 0 radical (unpaired) electrons. The Labute approximate surface area is 207 Å². The number of nitrogens with zero attached hydrogens (tertiary/aromatic N) is 5. The number of rotatable bonds is 3. The number of hydrogen-bond donors (Lipinski definition) is 1. The first-order valence-corrected chi connectivity index (χ1v) is 12.6. The Balaban J connectivity index is 1.56. The number of amides is 1. The minimum atomic E-state index is -0.0922. The lowest BCUT2D eigenvalue weighted by Gasteiger charge is -2.50. The quantitative estimate of drug-likeness (QED) is 0.712. The largest absolute Gasteiger partial charge is 0.379 e. The highest BCUT2D eigenvalue weighted by atomic mass is 16.5. The Hall–Kier alpha value is -2.75. The second-order valence-corrected chi connectivity index (χ2v) is 9.74. The van der Waals surface area contributed by atoms with Crippen LogP contribution in [0.3, 0.4) is 0 Å². The first-order chi connectivity index (χ1) is 17.0. The van der Waals surface area contributed by atoms with Crippen molar-refractivity contribution in [3.8, 4) is 0 Å². The van der Waals surface area contributed by atoms with Crippen LogP contribution in [0.15, 0.2) is 45.6 Å². The van der Waals surface area contributed by atoms with Crippen molar-refractivity contribution < 1.29 is 14.3 Å². The third kappa shape index (κ3) is 4.60. The van der Waals surface area contributed by atoms with E-state index in [9.17, 15) is 4.79 Å². The van der Waals surface area contributed by atoms with Gasteiger partial charge in [-0.2, -0.15) is 4.99 Å². The molecule has 5 rings (SSSR count). The van der Waals surface area contributed by atoms with Gasteiger partial charge in [0.25, 0.3) is 5.91 Å². The normalized spacial score (nSPS) is 27.8. The zero-order valence-electron chi connectivity index (χ0n) is 21.2. The molecule has 0 aliphatic carbocycles. The van der Waals surface area contributed by atoms with Gasteiger partial charge in [0.15, 0.2) is 5.82 Å². The van der Waals surface area contributed by atoms with Crippen LogP contribution < -0.4 is 5.32 Å². The first-order valence-electron chi connectivity index (χ1n) is 12.6. The number of morpholine rings is 2. The molecule has 188 valence electrons. The minimum absolute atomic E-state index is 0.0916. The molecule has 3 atom stereocenters. The minimum Gasteiger partial charge on any atom is -0.379 e. The molecule has 9 nitrogen and oxygen atoms in total. The molecule has 9 heteroatoms. The molecule has 0 aromatic heterocycles. The van der Waals surface area contributed by atoms with E-state index in [1.807, 2.05) is 24.3 Å². The van der Waals surface area contributed by atoms with Gasteiger partial charge >= 0.3 is 0 Å². The highest BCUT2D eigenvalue weighted by Gasteiger charge is 2.41. The average Bonchev–Trinajstić information content (AvgIpc) is 2.89. The maximum Gasteiger partial charge on any atom is 0.251 e. The molecule has 35 heavy (non-hydrogen) atoms. The van der Waals surface area contributed by atoms with Crippen LogP contribution in [0, 0.1) is 0 Å². The maximum absolute atomic E-state index is 12.2. The molecule has 1 aromatic carbocycles. The molecule has 4 heterocycles. The lowest BCUT2D eigenvalue weighted by Crippen LogP contribution is -2.63. The Morgan fingerprint density at radius 1 is 1.06 bits per heavy atom. The van der Waals surface area contributed by atoms with E-state index in [1.165, 1.54) is 5.57 Å². The van der Waals surface area contributed by atoms with E-state index in [-0.39, 0.29) is 18.1 Å². The summed E-state index contributed by atoms with van der Waals surface area (Å²) in [7, 11) is 3.81. The summed E-state index contributed by atoms with van der Waals surface area (Å²) in [6, 6.07) is 8.25. The van der Waals surface area contributed by atoms with Gasteiger partial charge in [0, 0.05) is 44.4 Å². The summed E-state index contributed by atoms with van der Waals surface area (Å²) < 4.78 is 11.5. The molecular formula is C26H36N6O3. The Morgan fingerprint density at radius 2 is 1.83 bits per heavy atom. The Kier molecular flexibility index (Phi) is 6.91. The van der Waals surface area contributed by atoms with Gasteiger partial charge in [0.2, 0.25) is 5.96 Å². The zero-order valence-corrected chi connectivity index (χ0v) is 21.2. The van der Waals surface area contributed by atoms with Crippen LogP contribution in [0.4, 0.5) is 0 Å². The number of carbonyl (C=O) groups is 1. The summed E-state index contributed by atoms with van der Waals surface area (Å²) in [5, 5.41) is 2.71. The van der Waals surface area contributed by atoms with Crippen molar-refractivity contribution in [2.24, 2.45) is 9.98 Å². The van der Waals surface area contributed by atoms with Gasteiger partial charge in [-0.05, 0) is 44.4 Å². The zero-order chi connectivity index (χ0) is 24.5. The summed E-state index contributed by atoms with van der Waals surface area (Å²) in [6.07, 6.45) is 1.79. The van der Waals surface area contributed by atoms with Crippen molar-refractivity contribution in [2.45, 2.75) is 44.9 Å². The number of likely N-dealkylation sites (N-methyl/N-ethyl adjacent to an activating group) is 1. The maximum atomic E-state index is 12.2. The van der Waals surface area contributed by atoms with Crippen molar-refractivity contribution in [3.63, 3.8) is 0 Å². The SMILES string of the molecule is CNC(=O)c1cccc(C2=NC3=C(CC2)C(N2CCOC[C@@H]2C)N(C)C(N2CCOC[C@@H]2C)=N3)c1. The molecule has 0 saturated carbocycles. The summed E-state index contributed by atoms with van der Waals surface area (Å²) >= 11 is 0. The van der Waals surface area contributed by atoms with Crippen LogP contribution in [-0.4, -0.2) is 104 Å². The van der Waals surface area contributed by atoms with Crippen LogP contribution in [-0.2, 0) is 9.47 Å². The lowest BCUT2D eigenvalue weighted by atomic mass is 9.94. The predicted molar refractivity (Wildman–Crippen MR) is 136 cm³/mol. The van der Waals surface area contributed by atoms with Gasteiger partial charge in [0.05, 0.1) is 38.2 Å². The monoisotopic (exact) mass is 480 g/mol. The van der Waals surface area contributed by atoms with Crippen LogP contribution >= 0.6 is 0 Å². The lowest BCUT2D eigenvalue weighted by molar-refractivity contribution is -0.0425. The number of ether oxygens (including phenoxy) is 2. The number of aliphatic imine (C=N–C) groups is 2. The smallest absolute Gasteiger partial charge is 0.251 e. The molecule has 1 unspecified atom stereocenters. The number of carbonyl (C=O) groups excluding carboxylic acids is 1. The van der Waals surface area contributed by atoms with Crippen LogP contribution in [0.5, 0.6) is 0 Å². The number of benzene rings is 1. The summed E-state index contributed by atoms with van der Waals surface area (Å²) in [4.78, 5) is 29.7. The van der Waals surface area contributed by atoms with Crippen molar-refractivity contribution in [1.82, 2.24) is 20.0 Å². The fraction of sp³-hybridized carbons (Fsp3) is 0.577. The molecule has 4 aliphatic heterocycles. The van der Waals surface area contributed by atoms with Crippen LogP contribution in [0.25, 0.3) is 0 Å². The topological polar surface area (TPSA) is 82.0 Å². The van der Waals surface area contributed by atoms with Gasteiger partial charge in [-0.3, -0.25) is 9.69 Å². The number of nitrogens with one attached hydrogen (secondary N) is 1. The van der Waals surface area contributed by atoms with E-state index in [2.05, 4.69) is 40.9 Å². The van der Waals surface area contributed by atoms with Gasteiger partial charge < -0.3 is 24.6 Å². The summed E-state index contributed by atoms with van der Waals surface area (Å²) in [5.41, 5.74) is 3.86. The second kappa shape index (κ2) is 10.1. The highest BCUT2D eigenvalue weighted by molar-refractivity contribution is 6.04. The third-order valence-electron chi connectivity index (χ3n) is 7.40. The molecule has 0 spiro atoms. The van der Waals surface area contributed by atoms with Crippen molar-refractivity contribution in [2.75, 3.05) is 53.6 Å². The summed E-state index contributed by atoms with van der Waals surface area (Å²) in [5.74, 6) is 1.67. The average molecular weight is 481 g/mol. The summed E-state index contributed by atoms with van der Waals surface area (Å²) in [6.45, 7) is 8.96. The molecule has 2 fully saturated rings. The van der Waals surface area contributed by atoms with E-state index in [1.54, 1.807) is 7.05 Å². The van der Waals surface area contributed by atoms with Crippen LogP contribution in [0.1, 0.15) is 42.6 Å². The van der Waals surface area contributed by atoms with E-state index in [0.717, 1.165) is 62.2 Å². The molecule has 2 saturated heterocycles. The standard InChI is InChI=1S/C26H36N6O3/c1-17-15-34-12-10-31(17)25-21-8-9-22(19-6-5-7-20(14-19)24(33)27-3)28-23(21)29-26(30(25)4)32-11-13-35-16-18(32)2/h5-7,14,17-18,25H,8-13,15-16H2,1-4H3,(H,27,33)/t17-,18-,25?/m0/s1. The van der Waals surface area contributed by atoms with E-state index in [0.29, 0.717) is 24.8 Å². The highest BCUT2D eigenvalue weighted by Crippen LogP contribution is 2.35. The Morgan fingerprint density at radius 3 is 2.57 bits per heavy atom. The molecular weight excluding hydrogens is 444 g/mol. The number of guanidine groups is 1. The fourth-order valence-corrected chi connectivity index (χ4v) is 5.49. The molecule has 1 N–H and O–H groups in total. The van der Waals surface area contributed by atoms with E-state index in [4.69, 9.17) is 19.5 Å². The molecule has 1 aromatic rings. The van der Waals surface area contributed by atoms with Gasteiger partial charge in [-0.15, -0.1) is 0 Å². The second-order valence-electron chi connectivity index (χ2n) is 9.74. The van der Waals surface area contributed by atoms with Gasteiger partial charge in [-0.1, -0.05) is 12.1 Å². The van der Waals surface area contributed by atoms with E-state index >= 15 is 0 Å². The van der Waals surface area contributed by atoms with Crippen LogP contribution in [0.2, 0.25) is 0 Å². The van der Waals surface area contributed by atoms with E-state index < -0.39 is 0 Å². The number of hydrogen-bond acceptors (Lipinski definition) is 8. The third-order valence-corrected chi connectivity index (χ3v) is 7.40. The molecule has 0 bridgehead atoms. The Bertz CT molecular complexity index is 1070. The predicted octanol–water partition coefficient (Wildman–Crippen LogP) is 1.91. The van der Waals surface area contributed by atoms with Crippen molar-refractivity contribution >= 4 is 17.6 Å². The van der Waals surface area contributed by atoms with Gasteiger partial charge in [0.1, 0.15) is 6.17 Å². The molecule has 4 aliphatic rings. The molecule has 1 amide bonds. The van der Waals surface area contributed by atoms with Crippen molar-refractivity contribution in [1.29, 1.82) is 0 Å². The fourth-order valence-electron chi connectivity index (χ4n) is 5.49.